The predicted octanol–water partition coefficient (Wildman–Crippen LogP) is 8.80. The first-order valence-electron chi connectivity index (χ1n) is 12.3. The maximum atomic E-state index is 6.28. The van der Waals surface area contributed by atoms with Crippen LogP contribution in [0.25, 0.3) is 27.6 Å². The molecule has 0 saturated heterocycles. The van der Waals surface area contributed by atoms with Crippen LogP contribution >= 0.6 is 15.9 Å². The molecule has 0 spiro atoms. The molecule has 5 rings (SSSR count). The summed E-state index contributed by atoms with van der Waals surface area (Å²) in [5.74, 6) is 0. The Balaban J connectivity index is 0.000000286. The second-order valence-corrected chi connectivity index (χ2v) is 9.46. The third-order valence-electron chi connectivity index (χ3n) is 5.96. The summed E-state index contributed by atoms with van der Waals surface area (Å²) < 4.78 is 7.26. The molecule has 4 aromatic carbocycles. The van der Waals surface area contributed by atoms with Crippen LogP contribution in [-0.4, -0.2) is 12.3 Å². The van der Waals surface area contributed by atoms with E-state index in [0.29, 0.717) is 5.70 Å². The van der Waals surface area contributed by atoms with E-state index < -0.39 is 0 Å². The van der Waals surface area contributed by atoms with E-state index in [2.05, 4.69) is 90.1 Å². The standard InChI is InChI=1S/C24H22BrNO.C8H9N/c1-2-8-22(26-16-15-17-9-4-3-5-10-17)20-13-6-11-18-19-12-7-14-21(25)24(19)27-23(18)20;1-7(9)8-5-3-2-4-6-8/h3-7,9-14H,2,8,15-16H2,1H3;2-6H,1,9H2. The lowest BCUT2D eigenvalue weighted by Gasteiger charge is -2.07. The Morgan fingerprint density at radius 2 is 1.47 bits per heavy atom. The van der Waals surface area contributed by atoms with Gasteiger partial charge in [-0.25, -0.2) is 0 Å². The fourth-order valence-corrected chi connectivity index (χ4v) is 4.61. The number of rotatable bonds is 7. The van der Waals surface area contributed by atoms with Crippen molar-refractivity contribution >= 4 is 49.3 Å². The molecule has 0 saturated carbocycles. The molecule has 3 nitrogen and oxygen atoms in total. The van der Waals surface area contributed by atoms with E-state index in [-0.39, 0.29) is 0 Å². The minimum atomic E-state index is 0.621. The van der Waals surface area contributed by atoms with Gasteiger partial charge in [0.25, 0.3) is 0 Å². The fourth-order valence-electron chi connectivity index (χ4n) is 4.17. The first kappa shape index (κ1) is 25.5. The van der Waals surface area contributed by atoms with E-state index in [1.54, 1.807) is 0 Å². The maximum absolute atomic E-state index is 6.28. The van der Waals surface area contributed by atoms with Crippen molar-refractivity contribution in [3.63, 3.8) is 0 Å². The summed E-state index contributed by atoms with van der Waals surface area (Å²) in [6.45, 7) is 6.59. The van der Waals surface area contributed by atoms with Crippen LogP contribution < -0.4 is 5.73 Å². The molecule has 0 radical (unpaired) electrons. The van der Waals surface area contributed by atoms with Gasteiger partial charge in [0.2, 0.25) is 0 Å². The van der Waals surface area contributed by atoms with Gasteiger partial charge >= 0.3 is 0 Å². The minimum Gasteiger partial charge on any atom is -0.454 e. The van der Waals surface area contributed by atoms with Gasteiger partial charge in [-0.05, 0) is 52.0 Å². The van der Waals surface area contributed by atoms with Crippen molar-refractivity contribution in [2.45, 2.75) is 26.2 Å². The van der Waals surface area contributed by atoms with Crippen LogP contribution in [0.1, 0.15) is 36.5 Å². The van der Waals surface area contributed by atoms with Crippen molar-refractivity contribution in [1.29, 1.82) is 0 Å². The lowest BCUT2D eigenvalue weighted by atomic mass is 10.0. The first-order valence-corrected chi connectivity index (χ1v) is 13.0. The molecule has 0 fully saturated rings. The molecule has 182 valence electrons. The largest absolute Gasteiger partial charge is 0.454 e. The van der Waals surface area contributed by atoms with E-state index in [1.165, 1.54) is 5.56 Å². The van der Waals surface area contributed by atoms with Gasteiger partial charge < -0.3 is 10.2 Å². The summed E-state index contributed by atoms with van der Waals surface area (Å²) in [4.78, 5) is 4.97. The summed E-state index contributed by atoms with van der Waals surface area (Å²) in [7, 11) is 0. The number of hydrogen-bond acceptors (Lipinski definition) is 3. The summed E-state index contributed by atoms with van der Waals surface area (Å²) in [5, 5.41) is 2.29. The fraction of sp³-hybridized carbons (Fsp3) is 0.156. The van der Waals surface area contributed by atoms with Crippen molar-refractivity contribution in [3.05, 3.63) is 125 Å². The zero-order valence-corrected chi connectivity index (χ0v) is 22.2. The highest BCUT2D eigenvalue weighted by atomic mass is 79.9. The molecule has 36 heavy (non-hydrogen) atoms. The molecule has 1 heterocycles. The highest BCUT2D eigenvalue weighted by Gasteiger charge is 2.15. The molecule has 2 N–H and O–H groups in total. The molecule has 5 aromatic rings. The Bertz CT molecular complexity index is 1470. The Labute approximate surface area is 221 Å². The Morgan fingerprint density at radius 3 is 2.11 bits per heavy atom. The second-order valence-electron chi connectivity index (χ2n) is 8.61. The first-order chi connectivity index (χ1) is 17.6. The predicted molar refractivity (Wildman–Crippen MR) is 158 cm³/mol. The van der Waals surface area contributed by atoms with E-state index in [4.69, 9.17) is 15.1 Å². The molecule has 0 bridgehead atoms. The van der Waals surface area contributed by atoms with Gasteiger partial charge in [0.1, 0.15) is 11.2 Å². The van der Waals surface area contributed by atoms with Crippen molar-refractivity contribution < 1.29 is 4.42 Å². The van der Waals surface area contributed by atoms with Crippen LogP contribution in [0.5, 0.6) is 0 Å². The van der Waals surface area contributed by atoms with E-state index in [0.717, 1.165) is 69.1 Å². The Hall–Kier alpha value is -3.63. The number of hydrogen-bond donors (Lipinski definition) is 1. The van der Waals surface area contributed by atoms with E-state index in [1.807, 2.05) is 36.4 Å². The summed E-state index contributed by atoms with van der Waals surface area (Å²) in [5.41, 5.74) is 12.4. The van der Waals surface area contributed by atoms with Crippen molar-refractivity contribution in [2.24, 2.45) is 10.7 Å². The number of aliphatic imine (C=N–C) groups is 1. The topological polar surface area (TPSA) is 51.5 Å². The van der Waals surface area contributed by atoms with Crippen LogP contribution in [0.3, 0.4) is 0 Å². The molecule has 0 amide bonds. The van der Waals surface area contributed by atoms with Crippen LogP contribution in [0.4, 0.5) is 0 Å². The average Bonchev–Trinajstić information content (AvgIpc) is 3.30. The van der Waals surface area contributed by atoms with Gasteiger partial charge in [-0.2, -0.15) is 0 Å². The lowest BCUT2D eigenvalue weighted by Crippen LogP contribution is -2.03. The number of halogens is 1. The van der Waals surface area contributed by atoms with Crippen molar-refractivity contribution in [1.82, 2.24) is 0 Å². The molecular weight excluding hydrogens is 508 g/mol. The summed E-state index contributed by atoms with van der Waals surface area (Å²) in [6, 6.07) is 32.8. The van der Waals surface area contributed by atoms with Crippen molar-refractivity contribution in [2.75, 3.05) is 6.54 Å². The monoisotopic (exact) mass is 538 g/mol. The normalized spacial score (nSPS) is 11.3. The number of para-hydroxylation sites is 2. The zero-order valence-electron chi connectivity index (χ0n) is 20.6. The van der Waals surface area contributed by atoms with Crippen LogP contribution in [0.2, 0.25) is 0 Å². The molecular formula is C32H31BrN2O. The molecule has 0 atom stereocenters. The number of fused-ring (bicyclic) bond motifs is 3. The average molecular weight is 540 g/mol. The molecule has 0 aliphatic heterocycles. The van der Waals surface area contributed by atoms with Gasteiger partial charge in [-0.1, -0.05) is 105 Å². The second kappa shape index (κ2) is 12.4. The molecule has 4 heteroatoms. The SMILES string of the molecule is C=C(N)c1ccccc1.CCCC(=NCCc1ccccc1)c1cccc2c1oc1c(Br)cccc12. The molecule has 0 aliphatic rings. The number of benzene rings is 4. The third-order valence-corrected chi connectivity index (χ3v) is 6.59. The minimum absolute atomic E-state index is 0.621. The lowest BCUT2D eigenvalue weighted by molar-refractivity contribution is 0.665. The molecule has 1 aromatic heterocycles. The van der Waals surface area contributed by atoms with Crippen LogP contribution in [0.15, 0.2) is 118 Å². The van der Waals surface area contributed by atoms with Gasteiger partial charge in [-0.15, -0.1) is 0 Å². The van der Waals surface area contributed by atoms with Crippen molar-refractivity contribution in [3.8, 4) is 0 Å². The van der Waals surface area contributed by atoms with Gasteiger partial charge in [-0.3, -0.25) is 4.99 Å². The van der Waals surface area contributed by atoms with Gasteiger partial charge in [0.05, 0.1) is 4.47 Å². The van der Waals surface area contributed by atoms with Gasteiger partial charge in [0.15, 0.2) is 0 Å². The van der Waals surface area contributed by atoms with E-state index in [9.17, 15) is 0 Å². The number of nitrogens with zero attached hydrogens (tertiary/aromatic N) is 1. The molecule has 0 aliphatic carbocycles. The van der Waals surface area contributed by atoms with Crippen LogP contribution in [-0.2, 0) is 6.42 Å². The maximum Gasteiger partial charge on any atom is 0.149 e. The number of furan rings is 1. The third kappa shape index (κ3) is 6.13. The zero-order chi connectivity index (χ0) is 25.3. The van der Waals surface area contributed by atoms with Crippen LogP contribution in [0, 0.1) is 0 Å². The number of nitrogens with two attached hydrogens (primary N) is 1. The summed E-state index contributed by atoms with van der Waals surface area (Å²) in [6.07, 6.45) is 2.96. The van der Waals surface area contributed by atoms with E-state index >= 15 is 0 Å². The van der Waals surface area contributed by atoms with Gasteiger partial charge in [0, 0.05) is 34.3 Å². The smallest absolute Gasteiger partial charge is 0.149 e. The molecule has 0 unspecified atom stereocenters. The highest BCUT2D eigenvalue weighted by Crippen LogP contribution is 2.35. The quantitative estimate of drug-likeness (QED) is 0.210. The Kier molecular flexibility index (Phi) is 8.75. The summed E-state index contributed by atoms with van der Waals surface area (Å²) >= 11 is 3.61. The Morgan fingerprint density at radius 1 is 0.833 bits per heavy atom. The highest BCUT2D eigenvalue weighted by molar-refractivity contribution is 9.10.